The van der Waals surface area contributed by atoms with Crippen LogP contribution in [0.1, 0.15) is 35.0 Å². The molecule has 1 aromatic carbocycles. The van der Waals surface area contributed by atoms with Crippen LogP contribution in [0.5, 0.6) is 0 Å². The summed E-state index contributed by atoms with van der Waals surface area (Å²) in [6.07, 6.45) is 3.23. The number of rotatable bonds is 5. The van der Waals surface area contributed by atoms with Crippen LogP contribution in [-0.4, -0.2) is 15.6 Å². The van der Waals surface area contributed by atoms with Gasteiger partial charge in [-0.05, 0) is 18.6 Å². The minimum atomic E-state index is -0.935. The van der Waals surface area contributed by atoms with Crippen LogP contribution in [0.15, 0.2) is 36.5 Å². The van der Waals surface area contributed by atoms with Gasteiger partial charge in [-0.2, -0.15) is 0 Å². The molecule has 0 atom stereocenters. The largest absolute Gasteiger partial charge is 0.478 e. The Kier molecular flexibility index (Phi) is 4.00. The molecule has 0 radical (unpaired) electrons. The maximum Gasteiger partial charge on any atom is 0.337 e. The van der Waals surface area contributed by atoms with Gasteiger partial charge in [-0.3, -0.25) is 0 Å². The third-order valence-corrected chi connectivity index (χ3v) is 3.09. The number of aromatic carboxylic acids is 1. The lowest BCUT2D eigenvalue weighted by molar-refractivity contribution is 0.0695. The normalized spacial score (nSPS) is 10.6. The Morgan fingerprint density at radius 2 is 2.05 bits per heavy atom. The van der Waals surface area contributed by atoms with Gasteiger partial charge in [0, 0.05) is 17.5 Å². The van der Waals surface area contributed by atoms with Crippen molar-refractivity contribution in [3.8, 4) is 0 Å². The third-order valence-electron chi connectivity index (χ3n) is 3.09. The van der Waals surface area contributed by atoms with Gasteiger partial charge in [-0.1, -0.05) is 31.5 Å². The summed E-state index contributed by atoms with van der Waals surface area (Å²) in [5.74, 6) is -1.20. The van der Waals surface area contributed by atoms with Crippen LogP contribution in [0.3, 0.4) is 0 Å². The molecule has 19 heavy (non-hydrogen) atoms. The Labute approximate surface area is 111 Å². The van der Waals surface area contributed by atoms with E-state index in [-0.39, 0.29) is 5.82 Å². The van der Waals surface area contributed by atoms with Crippen LogP contribution >= 0.6 is 0 Å². The van der Waals surface area contributed by atoms with E-state index in [1.807, 2.05) is 11.5 Å². The highest BCUT2D eigenvalue weighted by molar-refractivity contribution is 5.89. The van der Waals surface area contributed by atoms with Crippen molar-refractivity contribution in [2.45, 2.75) is 26.3 Å². The maximum atomic E-state index is 13.6. The zero-order valence-electron chi connectivity index (χ0n) is 10.8. The Bertz CT molecular complexity index is 590. The van der Waals surface area contributed by atoms with Crippen LogP contribution in [0.25, 0.3) is 0 Å². The average Bonchev–Trinajstić information content (AvgIpc) is 2.76. The summed E-state index contributed by atoms with van der Waals surface area (Å²) >= 11 is 0. The van der Waals surface area contributed by atoms with Crippen molar-refractivity contribution in [3.05, 3.63) is 59.2 Å². The van der Waals surface area contributed by atoms with Crippen molar-refractivity contribution in [3.63, 3.8) is 0 Å². The summed E-state index contributed by atoms with van der Waals surface area (Å²) < 4.78 is 15.4. The molecule has 2 aromatic rings. The van der Waals surface area contributed by atoms with Crippen LogP contribution in [0, 0.1) is 5.82 Å². The van der Waals surface area contributed by atoms with Crippen LogP contribution < -0.4 is 0 Å². The van der Waals surface area contributed by atoms with Gasteiger partial charge >= 0.3 is 5.97 Å². The van der Waals surface area contributed by atoms with Crippen molar-refractivity contribution in [1.29, 1.82) is 0 Å². The molecular weight excluding hydrogens is 245 g/mol. The second-order valence-electron chi connectivity index (χ2n) is 4.45. The second kappa shape index (κ2) is 5.69. The number of carboxylic acids is 1. The Balaban J connectivity index is 2.35. The van der Waals surface area contributed by atoms with E-state index >= 15 is 0 Å². The van der Waals surface area contributed by atoms with Gasteiger partial charge in [-0.15, -0.1) is 0 Å². The number of carboxylic acid groups (broad SMARTS) is 1. The molecule has 1 aromatic heterocycles. The Hall–Kier alpha value is -2.10. The molecule has 100 valence electrons. The molecule has 0 saturated heterocycles. The van der Waals surface area contributed by atoms with Gasteiger partial charge in [0.2, 0.25) is 0 Å². The molecule has 1 heterocycles. The highest BCUT2D eigenvalue weighted by atomic mass is 19.1. The number of nitrogens with zero attached hydrogens (tertiary/aromatic N) is 1. The van der Waals surface area contributed by atoms with E-state index in [2.05, 4.69) is 0 Å². The zero-order valence-corrected chi connectivity index (χ0v) is 10.8. The van der Waals surface area contributed by atoms with Crippen molar-refractivity contribution in [2.75, 3.05) is 0 Å². The predicted molar refractivity (Wildman–Crippen MR) is 70.9 cm³/mol. The van der Waals surface area contributed by atoms with E-state index < -0.39 is 5.97 Å². The topological polar surface area (TPSA) is 42.2 Å². The molecule has 0 spiro atoms. The molecule has 3 nitrogen and oxygen atoms in total. The summed E-state index contributed by atoms with van der Waals surface area (Å²) in [4.78, 5) is 11.1. The number of halogens is 1. The van der Waals surface area contributed by atoms with Crippen LogP contribution in [-0.2, 0) is 13.0 Å². The first kappa shape index (κ1) is 13.3. The third kappa shape index (κ3) is 2.84. The van der Waals surface area contributed by atoms with Crippen LogP contribution in [0.2, 0.25) is 0 Å². The quantitative estimate of drug-likeness (QED) is 0.897. The monoisotopic (exact) mass is 261 g/mol. The van der Waals surface area contributed by atoms with E-state index in [4.69, 9.17) is 5.11 Å². The number of hydrogen-bond acceptors (Lipinski definition) is 1. The first-order chi connectivity index (χ1) is 9.13. The number of aromatic nitrogens is 1. The molecule has 0 amide bonds. The summed E-state index contributed by atoms with van der Waals surface area (Å²) in [6, 6.07) is 8.12. The molecule has 4 heteroatoms. The van der Waals surface area contributed by atoms with Crippen molar-refractivity contribution in [1.82, 2.24) is 4.57 Å². The van der Waals surface area contributed by atoms with Crippen molar-refractivity contribution >= 4 is 5.97 Å². The highest BCUT2D eigenvalue weighted by Gasteiger charge is 2.15. The van der Waals surface area contributed by atoms with Gasteiger partial charge in [0.15, 0.2) is 0 Å². The smallest absolute Gasteiger partial charge is 0.337 e. The lowest BCUT2D eigenvalue weighted by Crippen LogP contribution is -2.08. The predicted octanol–water partition coefficient (Wildman–Crippen LogP) is 3.33. The molecule has 2 rings (SSSR count). The van der Waals surface area contributed by atoms with E-state index in [0.717, 1.165) is 12.1 Å². The van der Waals surface area contributed by atoms with Gasteiger partial charge in [0.1, 0.15) is 5.82 Å². The number of hydrogen-bond donors (Lipinski definition) is 1. The number of carbonyl (C=O) groups is 1. The second-order valence-corrected chi connectivity index (χ2v) is 4.45. The lowest BCUT2D eigenvalue weighted by atomic mass is 10.1. The van der Waals surface area contributed by atoms with Gasteiger partial charge in [-0.25, -0.2) is 9.18 Å². The Morgan fingerprint density at radius 1 is 1.32 bits per heavy atom. The van der Waals surface area contributed by atoms with Crippen molar-refractivity contribution in [2.24, 2.45) is 0 Å². The SMILES string of the molecule is CCCc1c(C(=O)O)ccn1Cc1ccccc1F. The van der Waals surface area contributed by atoms with E-state index in [0.29, 0.717) is 24.1 Å². The molecule has 1 N–H and O–H groups in total. The summed E-state index contributed by atoms with van der Waals surface area (Å²) in [5.41, 5.74) is 1.61. The first-order valence-corrected chi connectivity index (χ1v) is 6.28. The molecule has 0 saturated carbocycles. The molecule has 0 aliphatic rings. The molecule has 0 aliphatic carbocycles. The fraction of sp³-hybridized carbons (Fsp3) is 0.267. The summed E-state index contributed by atoms with van der Waals surface area (Å²) in [7, 11) is 0. The molecule has 0 unspecified atom stereocenters. The standard InChI is InChI=1S/C15H16FNO2/c1-2-5-14-12(15(18)19)8-9-17(14)10-11-6-3-4-7-13(11)16/h3-4,6-9H,2,5,10H2,1H3,(H,18,19). The minimum Gasteiger partial charge on any atom is -0.478 e. The minimum absolute atomic E-state index is 0.268. The van der Waals surface area contributed by atoms with Gasteiger partial charge in [0.25, 0.3) is 0 Å². The summed E-state index contributed by atoms with van der Waals surface area (Å²) in [6.45, 7) is 2.35. The van der Waals surface area contributed by atoms with E-state index in [1.165, 1.54) is 6.07 Å². The van der Waals surface area contributed by atoms with E-state index in [9.17, 15) is 9.18 Å². The van der Waals surface area contributed by atoms with Gasteiger partial charge < -0.3 is 9.67 Å². The fourth-order valence-corrected chi connectivity index (χ4v) is 2.17. The van der Waals surface area contributed by atoms with Crippen molar-refractivity contribution < 1.29 is 14.3 Å². The summed E-state index contributed by atoms with van der Waals surface area (Å²) in [5, 5.41) is 9.14. The zero-order chi connectivity index (χ0) is 13.8. The molecule has 0 fully saturated rings. The molecular formula is C15H16FNO2. The molecule has 0 aliphatic heterocycles. The average molecular weight is 261 g/mol. The lowest BCUT2D eigenvalue weighted by Gasteiger charge is -2.10. The maximum absolute atomic E-state index is 13.6. The highest BCUT2D eigenvalue weighted by Crippen LogP contribution is 2.17. The van der Waals surface area contributed by atoms with E-state index in [1.54, 1.807) is 30.5 Å². The first-order valence-electron chi connectivity index (χ1n) is 6.28. The number of benzene rings is 1. The fourth-order valence-electron chi connectivity index (χ4n) is 2.17. The molecule has 0 bridgehead atoms. The van der Waals surface area contributed by atoms with Gasteiger partial charge in [0.05, 0.1) is 12.1 Å². The Morgan fingerprint density at radius 3 is 2.68 bits per heavy atom. The van der Waals surface area contributed by atoms with Crippen LogP contribution in [0.4, 0.5) is 4.39 Å².